The van der Waals surface area contributed by atoms with E-state index in [0.29, 0.717) is 6.54 Å². The van der Waals surface area contributed by atoms with Crippen LogP contribution in [0.5, 0.6) is 0 Å². The summed E-state index contributed by atoms with van der Waals surface area (Å²) >= 11 is 0. The Hall–Kier alpha value is -2.79. The van der Waals surface area contributed by atoms with Gasteiger partial charge in [-0.15, -0.1) is 0 Å². The Bertz CT molecular complexity index is 964. The summed E-state index contributed by atoms with van der Waals surface area (Å²) in [4.78, 5) is 25.1. The van der Waals surface area contributed by atoms with Crippen molar-refractivity contribution in [1.29, 1.82) is 0 Å². The Morgan fingerprint density at radius 2 is 1.68 bits per heavy atom. The number of carbonyl (C=O) groups is 1. The molecule has 28 heavy (non-hydrogen) atoms. The summed E-state index contributed by atoms with van der Waals surface area (Å²) in [5.74, 6) is 1.92. The minimum atomic E-state index is 0.514. The molecule has 0 radical (unpaired) electrons. The van der Waals surface area contributed by atoms with Gasteiger partial charge in [0, 0.05) is 38.0 Å². The van der Waals surface area contributed by atoms with E-state index >= 15 is 0 Å². The predicted molar refractivity (Wildman–Crippen MR) is 113 cm³/mol. The van der Waals surface area contributed by atoms with Crippen LogP contribution >= 0.6 is 0 Å². The van der Waals surface area contributed by atoms with Gasteiger partial charge in [0.15, 0.2) is 0 Å². The SMILES string of the molecule is Cc1ccccc1CCc1nc(N2CCN(CC=O)CC2)c2ccccc2n1. The standard InChI is InChI=1S/C23H26N4O/c1-18-6-2-3-7-19(18)10-11-22-24-21-9-5-4-8-20(21)23(25-22)27-14-12-26(13-15-27)16-17-28/h2-9,17H,10-16H2,1H3. The fourth-order valence-electron chi connectivity index (χ4n) is 3.84. The van der Waals surface area contributed by atoms with Gasteiger partial charge in [0.05, 0.1) is 12.1 Å². The smallest absolute Gasteiger partial charge is 0.140 e. The number of hydrogen-bond donors (Lipinski definition) is 0. The van der Waals surface area contributed by atoms with Gasteiger partial charge in [-0.2, -0.15) is 0 Å². The number of aromatic nitrogens is 2. The van der Waals surface area contributed by atoms with Gasteiger partial charge in [-0.25, -0.2) is 9.97 Å². The summed E-state index contributed by atoms with van der Waals surface area (Å²) in [7, 11) is 0. The van der Waals surface area contributed by atoms with Gasteiger partial charge in [0.2, 0.25) is 0 Å². The minimum absolute atomic E-state index is 0.514. The molecular formula is C23H26N4O. The Kier molecular flexibility index (Phi) is 5.63. The normalized spacial score (nSPS) is 15.1. The Morgan fingerprint density at radius 3 is 2.46 bits per heavy atom. The molecule has 3 aromatic rings. The maximum atomic E-state index is 10.8. The lowest BCUT2D eigenvalue weighted by molar-refractivity contribution is -0.108. The third-order valence-electron chi connectivity index (χ3n) is 5.51. The van der Waals surface area contributed by atoms with E-state index in [2.05, 4.69) is 53.1 Å². The topological polar surface area (TPSA) is 49.3 Å². The van der Waals surface area contributed by atoms with Crippen LogP contribution in [0, 0.1) is 6.92 Å². The third kappa shape index (κ3) is 4.04. The van der Waals surface area contributed by atoms with Gasteiger partial charge >= 0.3 is 0 Å². The number of aryl methyl sites for hydroxylation is 3. The van der Waals surface area contributed by atoms with Crippen LogP contribution in [0.2, 0.25) is 0 Å². The molecule has 0 atom stereocenters. The molecule has 1 saturated heterocycles. The molecular weight excluding hydrogens is 348 g/mol. The van der Waals surface area contributed by atoms with Gasteiger partial charge in [-0.3, -0.25) is 4.90 Å². The van der Waals surface area contributed by atoms with Crippen molar-refractivity contribution in [2.45, 2.75) is 19.8 Å². The summed E-state index contributed by atoms with van der Waals surface area (Å²) in [6, 6.07) is 16.8. The second-order valence-electron chi connectivity index (χ2n) is 7.36. The van der Waals surface area contributed by atoms with Crippen molar-refractivity contribution in [2.24, 2.45) is 0 Å². The van der Waals surface area contributed by atoms with E-state index in [1.165, 1.54) is 11.1 Å². The molecule has 0 saturated carbocycles. The van der Waals surface area contributed by atoms with E-state index in [1.807, 2.05) is 12.1 Å². The number of fused-ring (bicyclic) bond motifs is 1. The Labute approximate surface area is 166 Å². The molecule has 1 fully saturated rings. The number of rotatable bonds is 6. The molecule has 5 nitrogen and oxygen atoms in total. The zero-order valence-corrected chi connectivity index (χ0v) is 16.3. The number of benzene rings is 2. The molecule has 4 rings (SSSR count). The molecule has 0 bridgehead atoms. The van der Waals surface area contributed by atoms with Crippen LogP contribution in [0.4, 0.5) is 5.82 Å². The van der Waals surface area contributed by atoms with Crippen LogP contribution in [0.3, 0.4) is 0 Å². The third-order valence-corrected chi connectivity index (χ3v) is 5.51. The highest BCUT2D eigenvalue weighted by Crippen LogP contribution is 2.25. The quantitative estimate of drug-likeness (QED) is 0.621. The first kappa shape index (κ1) is 18.6. The molecule has 1 aliphatic rings. The van der Waals surface area contributed by atoms with E-state index < -0.39 is 0 Å². The number of anilines is 1. The minimum Gasteiger partial charge on any atom is -0.353 e. The van der Waals surface area contributed by atoms with Crippen LogP contribution in [0.25, 0.3) is 10.9 Å². The predicted octanol–water partition coefficient (Wildman–Crippen LogP) is 3.04. The van der Waals surface area contributed by atoms with Crippen molar-refractivity contribution in [1.82, 2.24) is 14.9 Å². The Balaban J connectivity index is 1.59. The van der Waals surface area contributed by atoms with Crippen molar-refractivity contribution in [3.63, 3.8) is 0 Å². The van der Waals surface area contributed by atoms with Gasteiger partial charge in [0.1, 0.15) is 17.9 Å². The van der Waals surface area contributed by atoms with Crippen molar-refractivity contribution in [2.75, 3.05) is 37.6 Å². The molecule has 1 aliphatic heterocycles. The van der Waals surface area contributed by atoms with Gasteiger partial charge in [-0.1, -0.05) is 36.4 Å². The summed E-state index contributed by atoms with van der Waals surface area (Å²) in [6.07, 6.45) is 2.75. The molecule has 2 aromatic carbocycles. The highest BCUT2D eigenvalue weighted by Gasteiger charge is 2.20. The fourth-order valence-corrected chi connectivity index (χ4v) is 3.84. The average molecular weight is 374 g/mol. The fraction of sp³-hybridized carbons (Fsp3) is 0.348. The molecule has 0 amide bonds. The van der Waals surface area contributed by atoms with E-state index in [0.717, 1.165) is 67.9 Å². The van der Waals surface area contributed by atoms with Gasteiger partial charge < -0.3 is 9.69 Å². The van der Waals surface area contributed by atoms with E-state index in [4.69, 9.17) is 9.97 Å². The molecule has 5 heteroatoms. The monoisotopic (exact) mass is 374 g/mol. The Morgan fingerprint density at radius 1 is 0.929 bits per heavy atom. The van der Waals surface area contributed by atoms with E-state index in [1.54, 1.807) is 0 Å². The first-order valence-electron chi connectivity index (χ1n) is 9.95. The first-order chi connectivity index (χ1) is 13.7. The molecule has 0 spiro atoms. The van der Waals surface area contributed by atoms with Crippen molar-refractivity contribution >= 4 is 23.0 Å². The molecule has 0 N–H and O–H groups in total. The van der Waals surface area contributed by atoms with Crippen LogP contribution in [-0.2, 0) is 17.6 Å². The van der Waals surface area contributed by atoms with Crippen LogP contribution in [0.1, 0.15) is 17.0 Å². The molecule has 0 aliphatic carbocycles. The van der Waals surface area contributed by atoms with Crippen LogP contribution in [0.15, 0.2) is 48.5 Å². The number of para-hydroxylation sites is 1. The molecule has 0 unspecified atom stereocenters. The van der Waals surface area contributed by atoms with Crippen molar-refractivity contribution < 1.29 is 4.79 Å². The summed E-state index contributed by atoms with van der Waals surface area (Å²) in [5, 5.41) is 1.10. The van der Waals surface area contributed by atoms with Gasteiger partial charge in [-0.05, 0) is 36.6 Å². The average Bonchev–Trinajstić information content (AvgIpc) is 2.73. The highest BCUT2D eigenvalue weighted by atomic mass is 16.1. The van der Waals surface area contributed by atoms with Crippen molar-refractivity contribution in [3.05, 3.63) is 65.5 Å². The first-order valence-corrected chi connectivity index (χ1v) is 9.95. The number of piperazine rings is 1. The molecule has 144 valence electrons. The lowest BCUT2D eigenvalue weighted by atomic mass is 10.0. The lowest BCUT2D eigenvalue weighted by Gasteiger charge is -2.35. The lowest BCUT2D eigenvalue weighted by Crippen LogP contribution is -2.47. The maximum Gasteiger partial charge on any atom is 0.140 e. The second kappa shape index (κ2) is 8.48. The molecule has 2 heterocycles. The number of carbonyl (C=O) groups excluding carboxylic acids is 1. The van der Waals surface area contributed by atoms with Gasteiger partial charge in [0.25, 0.3) is 0 Å². The van der Waals surface area contributed by atoms with Crippen LogP contribution in [-0.4, -0.2) is 53.9 Å². The zero-order chi connectivity index (χ0) is 19.3. The maximum absolute atomic E-state index is 10.8. The highest BCUT2D eigenvalue weighted by molar-refractivity contribution is 5.89. The largest absolute Gasteiger partial charge is 0.353 e. The van der Waals surface area contributed by atoms with Crippen molar-refractivity contribution in [3.8, 4) is 0 Å². The van der Waals surface area contributed by atoms with Crippen LogP contribution < -0.4 is 4.90 Å². The summed E-state index contributed by atoms with van der Waals surface area (Å²) < 4.78 is 0. The zero-order valence-electron chi connectivity index (χ0n) is 16.3. The summed E-state index contributed by atoms with van der Waals surface area (Å²) in [5.41, 5.74) is 3.67. The number of nitrogens with zero attached hydrogens (tertiary/aromatic N) is 4. The second-order valence-corrected chi connectivity index (χ2v) is 7.36. The van der Waals surface area contributed by atoms with E-state index in [9.17, 15) is 4.79 Å². The number of hydrogen-bond acceptors (Lipinski definition) is 5. The number of aldehydes is 1. The molecule has 1 aromatic heterocycles. The summed E-state index contributed by atoms with van der Waals surface area (Å²) in [6.45, 7) is 6.20. The van der Waals surface area contributed by atoms with E-state index in [-0.39, 0.29) is 0 Å².